The van der Waals surface area contributed by atoms with Gasteiger partial charge in [-0.3, -0.25) is 4.79 Å². The molecule has 1 amide bonds. The van der Waals surface area contributed by atoms with E-state index in [1.54, 1.807) is 12.3 Å². The van der Waals surface area contributed by atoms with Gasteiger partial charge in [-0.1, -0.05) is 25.7 Å². The third-order valence-electron chi connectivity index (χ3n) is 9.20. The number of amides is 1. The van der Waals surface area contributed by atoms with E-state index in [0.717, 1.165) is 77.3 Å². The van der Waals surface area contributed by atoms with Crippen LogP contribution in [-0.2, 0) is 14.3 Å². The highest BCUT2D eigenvalue weighted by atomic mass is 16.6. The maximum atomic E-state index is 13.7. The van der Waals surface area contributed by atoms with E-state index in [-0.39, 0.29) is 23.9 Å². The molecule has 8 heteroatoms. The molecule has 0 spiro atoms. The molecule has 0 aromatic carbocycles. The average molecular weight is 458 g/mol. The molecule has 3 saturated heterocycles. The number of carbonyl (C=O) groups is 2. The van der Waals surface area contributed by atoms with Crippen LogP contribution in [-0.4, -0.2) is 62.8 Å². The summed E-state index contributed by atoms with van der Waals surface area (Å²) in [6.45, 7) is 2.16. The minimum absolute atomic E-state index is 0.00304. The van der Waals surface area contributed by atoms with Crippen molar-refractivity contribution in [1.82, 2.24) is 9.97 Å². The van der Waals surface area contributed by atoms with Gasteiger partial charge in [-0.2, -0.15) is 0 Å². The molecule has 8 nitrogen and oxygen atoms in total. The predicted molar refractivity (Wildman–Crippen MR) is 120 cm³/mol. The zero-order valence-corrected chi connectivity index (χ0v) is 19.4. The van der Waals surface area contributed by atoms with E-state index in [2.05, 4.69) is 9.97 Å². The molecule has 1 aromatic rings. The number of rotatable bonds is 7. The second-order valence-corrected chi connectivity index (χ2v) is 10.9. The Morgan fingerprint density at radius 3 is 2.18 bits per heavy atom. The Morgan fingerprint density at radius 2 is 1.67 bits per heavy atom. The number of primary amides is 1. The van der Waals surface area contributed by atoms with E-state index >= 15 is 0 Å². The molecule has 6 rings (SSSR count). The van der Waals surface area contributed by atoms with Gasteiger partial charge < -0.3 is 20.1 Å². The van der Waals surface area contributed by atoms with E-state index in [4.69, 9.17) is 10.5 Å². The first-order valence-corrected chi connectivity index (χ1v) is 12.8. The van der Waals surface area contributed by atoms with Crippen molar-refractivity contribution >= 4 is 11.9 Å². The number of aliphatic hydroxyl groups is 1. The third kappa shape index (κ3) is 3.95. The van der Waals surface area contributed by atoms with Gasteiger partial charge in [0.2, 0.25) is 6.04 Å². The third-order valence-corrected chi connectivity index (χ3v) is 9.20. The van der Waals surface area contributed by atoms with Crippen molar-refractivity contribution in [3.8, 4) is 0 Å². The molecule has 2 atom stereocenters. The van der Waals surface area contributed by atoms with Gasteiger partial charge in [0.25, 0.3) is 5.91 Å². The fraction of sp³-hybridized carbons (Fsp3) is 0.760. The second-order valence-electron chi connectivity index (χ2n) is 10.9. The first kappa shape index (κ1) is 22.7. The lowest BCUT2D eigenvalue weighted by atomic mass is 9.74. The highest BCUT2D eigenvalue weighted by molar-refractivity contribution is 5.81. The van der Waals surface area contributed by atoms with Crippen LogP contribution in [0.2, 0.25) is 0 Å². The summed E-state index contributed by atoms with van der Waals surface area (Å²) in [6.07, 6.45) is 12.4. The average Bonchev–Trinajstić information content (AvgIpc) is 3.55. The number of ether oxygens (including phenoxy) is 1. The summed E-state index contributed by atoms with van der Waals surface area (Å²) in [7, 11) is 0. The van der Waals surface area contributed by atoms with Crippen LogP contribution in [0.5, 0.6) is 0 Å². The smallest absolute Gasteiger partial charge is 0.339 e. The van der Waals surface area contributed by atoms with Gasteiger partial charge in [0.05, 0.1) is 13.1 Å². The largest absolute Gasteiger partial charge is 0.454 e. The molecule has 5 aliphatic rings. The van der Waals surface area contributed by atoms with Gasteiger partial charge in [-0.05, 0) is 43.6 Å². The molecule has 33 heavy (non-hydrogen) atoms. The number of nitrogens with zero attached hydrogens (tertiary/aromatic N) is 3. The zero-order valence-electron chi connectivity index (χ0n) is 19.4. The van der Waals surface area contributed by atoms with Gasteiger partial charge in [-0.15, -0.1) is 0 Å². The minimum atomic E-state index is -1.38. The van der Waals surface area contributed by atoms with Crippen LogP contribution in [0, 0.1) is 17.8 Å². The van der Waals surface area contributed by atoms with E-state index in [0.29, 0.717) is 16.7 Å². The molecular formula is C25H37N4O4+. The topological polar surface area (TPSA) is 115 Å². The number of fused-ring (bicyclic) bond motifs is 3. The molecule has 2 aliphatic carbocycles. The summed E-state index contributed by atoms with van der Waals surface area (Å²) in [5.74, 6) is -0.568. The maximum absolute atomic E-state index is 13.7. The van der Waals surface area contributed by atoms with Crippen LogP contribution in [0.25, 0.3) is 0 Å². The van der Waals surface area contributed by atoms with Crippen molar-refractivity contribution in [2.45, 2.75) is 82.0 Å². The Balaban J connectivity index is 1.38. The molecule has 4 heterocycles. The Kier molecular flexibility index (Phi) is 6.16. The molecule has 3 N–H and O–H groups in total. The number of piperidine rings is 3. The highest BCUT2D eigenvalue weighted by Gasteiger charge is 2.57. The molecule has 5 fully saturated rings. The van der Waals surface area contributed by atoms with Crippen molar-refractivity contribution in [3.63, 3.8) is 0 Å². The lowest BCUT2D eigenvalue weighted by molar-refractivity contribution is -0.965. The van der Waals surface area contributed by atoms with Crippen LogP contribution in [0.3, 0.4) is 0 Å². The van der Waals surface area contributed by atoms with Crippen LogP contribution in [0.15, 0.2) is 18.6 Å². The summed E-state index contributed by atoms with van der Waals surface area (Å²) in [4.78, 5) is 34.6. The normalized spacial score (nSPS) is 31.5. The number of aromatic nitrogens is 2. The van der Waals surface area contributed by atoms with Crippen LogP contribution < -0.4 is 5.73 Å². The first-order valence-electron chi connectivity index (χ1n) is 12.8. The Hall–Kier alpha value is -2.06. The van der Waals surface area contributed by atoms with Gasteiger partial charge in [0, 0.05) is 25.0 Å². The van der Waals surface area contributed by atoms with Crippen LogP contribution in [0.4, 0.5) is 0 Å². The summed E-state index contributed by atoms with van der Waals surface area (Å²) in [5.41, 5.74) is 5.14. The summed E-state index contributed by atoms with van der Waals surface area (Å²) >= 11 is 0. The SMILES string of the molecule is NC(=O)C(c1ccncn1)[N+]12CCC(CC1)[C@@H](OC(=O)C(O)(C1CCCC1)C1CCCC1)C2. The molecule has 1 unspecified atom stereocenters. The number of nitrogens with two attached hydrogens (primary N) is 1. The van der Waals surface area contributed by atoms with Crippen molar-refractivity contribution in [1.29, 1.82) is 0 Å². The Labute approximate surface area is 195 Å². The second kappa shape index (κ2) is 8.95. The van der Waals surface area contributed by atoms with E-state index in [9.17, 15) is 14.7 Å². The van der Waals surface area contributed by atoms with Crippen molar-refractivity contribution < 1.29 is 23.9 Å². The summed E-state index contributed by atoms with van der Waals surface area (Å²) < 4.78 is 6.68. The van der Waals surface area contributed by atoms with Gasteiger partial charge in [0.15, 0.2) is 11.7 Å². The first-order chi connectivity index (χ1) is 15.9. The molecule has 3 aliphatic heterocycles. The van der Waals surface area contributed by atoms with Gasteiger partial charge in [0.1, 0.15) is 18.6 Å². The number of esters is 1. The van der Waals surface area contributed by atoms with Gasteiger partial charge >= 0.3 is 5.97 Å². The van der Waals surface area contributed by atoms with Gasteiger partial charge in [-0.25, -0.2) is 14.8 Å². The fourth-order valence-corrected chi connectivity index (χ4v) is 7.45. The number of hydrogen-bond acceptors (Lipinski definition) is 6. The predicted octanol–water partition coefficient (Wildman–Crippen LogP) is 2.27. The molecular weight excluding hydrogens is 420 g/mol. The van der Waals surface area contributed by atoms with E-state index in [1.807, 2.05) is 0 Å². The molecule has 0 radical (unpaired) electrons. The number of hydrogen-bond donors (Lipinski definition) is 2. The molecule has 2 saturated carbocycles. The Morgan fingerprint density at radius 1 is 1.06 bits per heavy atom. The fourth-order valence-electron chi connectivity index (χ4n) is 7.45. The molecule has 1 aromatic heterocycles. The van der Waals surface area contributed by atoms with Crippen LogP contribution >= 0.6 is 0 Å². The molecule has 180 valence electrons. The summed E-state index contributed by atoms with van der Waals surface area (Å²) in [6, 6.07) is 1.17. The highest BCUT2D eigenvalue weighted by Crippen LogP contribution is 2.47. The minimum Gasteiger partial charge on any atom is -0.454 e. The Bertz CT molecular complexity index is 842. The van der Waals surface area contributed by atoms with Crippen LogP contribution in [0.1, 0.15) is 75.9 Å². The number of quaternary nitrogens is 1. The maximum Gasteiger partial charge on any atom is 0.339 e. The lowest BCUT2D eigenvalue weighted by Gasteiger charge is -2.54. The monoisotopic (exact) mass is 457 g/mol. The summed E-state index contributed by atoms with van der Waals surface area (Å²) in [5, 5.41) is 11.8. The lowest BCUT2D eigenvalue weighted by Crippen LogP contribution is -2.68. The zero-order chi connectivity index (χ0) is 23.1. The van der Waals surface area contributed by atoms with Crippen molar-refractivity contribution in [3.05, 3.63) is 24.3 Å². The standard InChI is InChI=1S/C25H36N4O4/c26-23(30)22(20-9-12-27-16-28-20)29-13-10-17(11-14-29)21(15-29)33-24(31)25(32,18-5-1-2-6-18)19-7-3-4-8-19/h9,12,16-19,21-22,32H,1-8,10-11,13-15H2,(H-,26,30)/p+1/t17?,21-,22?,29?/m0/s1. The van der Waals surface area contributed by atoms with E-state index in [1.165, 1.54) is 6.33 Å². The number of carbonyl (C=O) groups excluding carboxylic acids is 2. The van der Waals surface area contributed by atoms with Crippen molar-refractivity contribution in [2.24, 2.45) is 23.5 Å². The van der Waals surface area contributed by atoms with E-state index < -0.39 is 23.5 Å². The van der Waals surface area contributed by atoms with Crippen molar-refractivity contribution in [2.75, 3.05) is 19.6 Å². The molecule has 2 bridgehead atoms. The quantitative estimate of drug-likeness (QED) is 0.479.